The molecule has 1 aromatic rings. The average molecular weight is 244 g/mol. The van der Waals surface area contributed by atoms with Gasteiger partial charge in [-0.3, -0.25) is 19.3 Å². The van der Waals surface area contributed by atoms with Crippen LogP contribution in [0.4, 0.5) is 0 Å². The summed E-state index contributed by atoms with van der Waals surface area (Å²) in [7, 11) is 0. The molecule has 0 radical (unpaired) electrons. The van der Waals surface area contributed by atoms with E-state index in [-0.39, 0.29) is 12.5 Å². The molecule has 0 atom stereocenters. The van der Waals surface area contributed by atoms with Gasteiger partial charge in [0.2, 0.25) is 0 Å². The molecule has 0 unspecified atom stereocenters. The van der Waals surface area contributed by atoms with Gasteiger partial charge in [0.1, 0.15) is 12.4 Å². The molecule has 7 heteroatoms. The van der Waals surface area contributed by atoms with E-state index in [0.29, 0.717) is 11.4 Å². The number of amides is 1. The van der Waals surface area contributed by atoms with Crippen LogP contribution in [0.1, 0.15) is 26.1 Å². The minimum atomic E-state index is -0.239. The number of nitrogens with one attached hydrogen (secondary N) is 2. The Balaban J connectivity index is 2.68. The first kappa shape index (κ1) is 12.9. The molecule has 0 aliphatic carbocycles. The maximum absolute atomic E-state index is 11.4. The number of aromatic nitrogens is 3. The van der Waals surface area contributed by atoms with E-state index in [2.05, 4.69) is 15.7 Å². The minimum Gasteiger partial charge on any atom is -0.295 e. The molecular weight excluding hydrogens is 228 g/mol. The number of aryl methyl sites for hydroxylation is 1. The number of nitrogens with zero attached hydrogens (tertiary/aromatic N) is 2. The summed E-state index contributed by atoms with van der Waals surface area (Å²) >= 11 is 5.04. The van der Waals surface area contributed by atoms with E-state index in [1.807, 2.05) is 6.92 Å². The van der Waals surface area contributed by atoms with Gasteiger partial charge >= 0.3 is 0 Å². The van der Waals surface area contributed by atoms with Crippen LogP contribution in [0.25, 0.3) is 0 Å². The predicted molar refractivity (Wildman–Crippen MR) is 61.2 cm³/mol. The van der Waals surface area contributed by atoms with Crippen LogP contribution >= 0.6 is 12.2 Å². The number of H-pyrrole nitrogens is 1. The average Bonchev–Trinajstić information content (AvgIpc) is 2.59. The summed E-state index contributed by atoms with van der Waals surface area (Å²) in [5.74, 6) is 0.552. The van der Waals surface area contributed by atoms with Gasteiger partial charge in [-0.1, -0.05) is 6.92 Å². The normalized spacial score (nSPS) is 10.4. The van der Waals surface area contributed by atoms with Crippen LogP contribution in [0.5, 0.6) is 0 Å². The van der Waals surface area contributed by atoms with Gasteiger partial charge in [-0.15, -0.1) is 0 Å². The van der Waals surface area contributed by atoms with Gasteiger partial charge < -0.3 is 0 Å². The first-order valence-corrected chi connectivity index (χ1v) is 5.64. The summed E-state index contributed by atoms with van der Waals surface area (Å²) in [6, 6.07) is 0. The molecule has 0 aliphatic heterocycles. The third kappa shape index (κ3) is 3.42. The van der Waals surface area contributed by atoms with Gasteiger partial charge in [-0.25, -0.2) is 5.48 Å². The number of hydroxylamine groups is 1. The highest BCUT2D eigenvalue weighted by Crippen LogP contribution is 2.01. The highest BCUT2D eigenvalue weighted by Gasteiger charge is 2.09. The molecule has 0 aromatic carbocycles. The number of aromatic amines is 1. The van der Waals surface area contributed by atoms with E-state index >= 15 is 0 Å². The van der Waals surface area contributed by atoms with Crippen molar-refractivity contribution in [3.8, 4) is 0 Å². The van der Waals surface area contributed by atoms with E-state index in [1.54, 1.807) is 11.5 Å². The van der Waals surface area contributed by atoms with Crippen molar-refractivity contribution in [1.82, 2.24) is 20.2 Å². The van der Waals surface area contributed by atoms with E-state index in [4.69, 9.17) is 17.1 Å². The summed E-state index contributed by atoms with van der Waals surface area (Å²) in [6.45, 7) is 4.41. The highest BCUT2D eigenvalue weighted by molar-refractivity contribution is 7.71. The van der Waals surface area contributed by atoms with Gasteiger partial charge in [-0.2, -0.15) is 5.10 Å². The molecule has 0 aliphatic rings. The SMILES string of the molecule is CCCc1n[nH]c(=S)n1CC(=O)NOCC. The quantitative estimate of drug-likeness (QED) is 0.577. The molecule has 0 saturated heterocycles. The Labute approximate surface area is 99.0 Å². The zero-order chi connectivity index (χ0) is 12.0. The fourth-order valence-corrected chi connectivity index (χ4v) is 1.47. The number of hydrogen-bond acceptors (Lipinski definition) is 4. The van der Waals surface area contributed by atoms with Crippen LogP contribution in [0.15, 0.2) is 0 Å². The third-order valence-electron chi connectivity index (χ3n) is 1.94. The lowest BCUT2D eigenvalue weighted by atomic mass is 10.3. The van der Waals surface area contributed by atoms with Gasteiger partial charge in [-0.05, 0) is 25.6 Å². The summed E-state index contributed by atoms with van der Waals surface area (Å²) in [4.78, 5) is 16.2. The molecule has 6 nitrogen and oxygen atoms in total. The third-order valence-corrected chi connectivity index (χ3v) is 2.25. The van der Waals surface area contributed by atoms with Crippen molar-refractivity contribution < 1.29 is 9.63 Å². The molecule has 1 rings (SSSR count). The minimum absolute atomic E-state index is 0.130. The molecular formula is C9H16N4O2S. The second-order valence-electron chi connectivity index (χ2n) is 3.24. The molecule has 0 saturated carbocycles. The van der Waals surface area contributed by atoms with E-state index in [0.717, 1.165) is 18.7 Å². The molecule has 0 bridgehead atoms. The fourth-order valence-electron chi connectivity index (χ4n) is 1.26. The van der Waals surface area contributed by atoms with E-state index in [9.17, 15) is 4.79 Å². The number of hydrogen-bond donors (Lipinski definition) is 2. The van der Waals surface area contributed by atoms with Crippen LogP contribution < -0.4 is 5.48 Å². The smallest absolute Gasteiger partial charge is 0.263 e. The predicted octanol–water partition coefficient (Wildman–Crippen LogP) is 0.961. The molecule has 1 amide bonds. The molecule has 1 heterocycles. The van der Waals surface area contributed by atoms with Crippen molar-refractivity contribution in [2.45, 2.75) is 33.2 Å². The zero-order valence-electron chi connectivity index (χ0n) is 9.45. The maximum Gasteiger partial charge on any atom is 0.263 e. The van der Waals surface area contributed by atoms with Crippen LogP contribution in [0.3, 0.4) is 0 Å². The Kier molecular flexibility index (Phi) is 5.13. The van der Waals surface area contributed by atoms with Crippen LogP contribution in [0.2, 0.25) is 0 Å². The Morgan fingerprint density at radius 3 is 3.00 bits per heavy atom. The monoisotopic (exact) mass is 244 g/mol. The topological polar surface area (TPSA) is 71.9 Å². The molecule has 90 valence electrons. The van der Waals surface area contributed by atoms with Crippen LogP contribution in [0, 0.1) is 4.77 Å². The van der Waals surface area contributed by atoms with E-state index in [1.165, 1.54) is 0 Å². The molecule has 0 fully saturated rings. The summed E-state index contributed by atoms with van der Waals surface area (Å²) < 4.78 is 2.13. The van der Waals surface area contributed by atoms with Crippen molar-refractivity contribution in [3.05, 3.63) is 10.6 Å². The Hall–Kier alpha value is -1.21. The van der Waals surface area contributed by atoms with Crippen molar-refractivity contribution in [1.29, 1.82) is 0 Å². The highest BCUT2D eigenvalue weighted by atomic mass is 32.1. The van der Waals surface area contributed by atoms with Crippen molar-refractivity contribution >= 4 is 18.1 Å². The molecule has 2 N–H and O–H groups in total. The fraction of sp³-hybridized carbons (Fsp3) is 0.667. The van der Waals surface area contributed by atoms with Gasteiger partial charge in [0, 0.05) is 6.42 Å². The summed E-state index contributed by atoms with van der Waals surface area (Å²) in [6.07, 6.45) is 1.74. The lowest BCUT2D eigenvalue weighted by Crippen LogP contribution is -2.28. The van der Waals surface area contributed by atoms with Crippen molar-refractivity contribution in [3.63, 3.8) is 0 Å². The molecule has 0 spiro atoms. The second kappa shape index (κ2) is 6.39. The summed E-state index contributed by atoms with van der Waals surface area (Å²) in [5, 5.41) is 6.74. The van der Waals surface area contributed by atoms with Crippen molar-refractivity contribution in [2.75, 3.05) is 6.61 Å². The molecule has 1 aromatic heterocycles. The first-order valence-electron chi connectivity index (χ1n) is 5.23. The Morgan fingerprint density at radius 1 is 1.62 bits per heavy atom. The Morgan fingerprint density at radius 2 is 2.38 bits per heavy atom. The van der Waals surface area contributed by atoms with Gasteiger partial charge in [0.15, 0.2) is 4.77 Å². The lowest BCUT2D eigenvalue weighted by molar-refractivity contribution is -0.133. The standard InChI is InChI=1S/C9H16N4O2S/c1-3-5-7-10-11-9(16)13(7)6-8(14)12-15-4-2/h3-6H2,1-2H3,(H,11,16)(H,12,14). The number of rotatable bonds is 6. The zero-order valence-corrected chi connectivity index (χ0v) is 10.3. The van der Waals surface area contributed by atoms with Gasteiger partial charge in [0.05, 0.1) is 6.61 Å². The lowest BCUT2D eigenvalue weighted by Gasteiger charge is -2.06. The number of carbonyl (C=O) groups is 1. The van der Waals surface area contributed by atoms with Crippen LogP contribution in [-0.4, -0.2) is 27.3 Å². The van der Waals surface area contributed by atoms with Crippen LogP contribution in [-0.2, 0) is 22.6 Å². The summed E-state index contributed by atoms with van der Waals surface area (Å²) in [5.41, 5.74) is 2.32. The number of carbonyl (C=O) groups excluding carboxylic acids is 1. The maximum atomic E-state index is 11.4. The first-order chi connectivity index (χ1) is 7.69. The van der Waals surface area contributed by atoms with E-state index < -0.39 is 0 Å². The van der Waals surface area contributed by atoms with Crippen molar-refractivity contribution in [2.24, 2.45) is 0 Å². The Bertz CT molecular complexity index is 398. The second-order valence-corrected chi connectivity index (χ2v) is 3.63. The largest absolute Gasteiger partial charge is 0.295 e. The van der Waals surface area contributed by atoms with Gasteiger partial charge in [0.25, 0.3) is 5.91 Å². The molecule has 16 heavy (non-hydrogen) atoms.